The van der Waals surface area contributed by atoms with Gasteiger partial charge in [0.1, 0.15) is 11.5 Å². The van der Waals surface area contributed by atoms with E-state index in [0.29, 0.717) is 17.2 Å². The molecule has 1 N–H and O–H groups in total. The van der Waals surface area contributed by atoms with Gasteiger partial charge in [0.25, 0.3) is 0 Å². The summed E-state index contributed by atoms with van der Waals surface area (Å²) in [6.07, 6.45) is -0.299. The van der Waals surface area contributed by atoms with Crippen molar-refractivity contribution in [1.29, 1.82) is 0 Å². The molecule has 0 saturated carbocycles. The van der Waals surface area contributed by atoms with Crippen LogP contribution in [0, 0.1) is 5.92 Å². The van der Waals surface area contributed by atoms with Crippen LogP contribution in [0.15, 0.2) is 54.6 Å². The molecule has 0 amide bonds. The number of nitrogens with one attached hydrogen (secondary N) is 1. The van der Waals surface area contributed by atoms with E-state index in [2.05, 4.69) is 18.3 Å². The predicted octanol–water partition coefficient (Wildman–Crippen LogP) is 5.04. The third kappa shape index (κ3) is 3.73. The lowest BCUT2D eigenvalue weighted by atomic mass is 9.78. The number of ether oxygens (including phenoxy) is 6. The Hall–Kier alpha value is -3.74. The number of anilines is 1. The van der Waals surface area contributed by atoms with E-state index in [-0.39, 0.29) is 24.9 Å². The maximum absolute atomic E-state index is 6.46. The molecule has 3 aromatic rings. The molecule has 3 atom stereocenters. The Morgan fingerprint density at radius 1 is 0.818 bits per heavy atom. The molecule has 2 aliphatic heterocycles. The van der Waals surface area contributed by atoms with Crippen LogP contribution >= 0.6 is 0 Å². The second-order valence-electron chi connectivity index (χ2n) is 8.07. The van der Waals surface area contributed by atoms with Crippen LogP contribution in [-0.2, 0) is 0 Å². The zero-order chi connectivity index (χ0) is 22.9. The first-order chi connectivity index (χ1) is 16.1. The molecule has 5 rings (SSSR count). The van der Waals surface area contributed by atoms with Gasteiger partial charge in [-0.05, 0) is 36.4 Å². The fourth-order valence-corrected chi connectivity index (χ4v) is 4.61. The van der Waals surface area contributed by atoms with Crippen LogP contribution in [0.25, 0.3) is 0 Å². The molecule has 172 valence electrons. The van der Waals surface area contributed by atoms with Gasteiger partial charge in [0.05, 0.1) is 21.3 Å². The lowest BCUT2D eigenvalue weighted by Gasteiger charge is -2.39. The SMILES string of the molecule is COc1ccc(NC2Oc3cc4c(cc3C(c3cccc(OC)c3OC)C2C)OCO4)cc1. The van der Waals surface area contributed by atoms with E-state index in [1.165, 1.54) is 0 Å². The van der Waals surface area contributed by atoms with Crippen LogP contribution in [0.5, 0.6) is 34.5 Å². The minimum Gasteiger partial charge on any atom is -0.497 e. The Bertz CT molecular complexity index is 1150. The molecule has 2 aliphatic rings. The van der Waals surface area contributed by atoms with Gasteiger partial charge in [0, 0.05) is 34.7 Å². The third-order valence-electron chi connectivity index (χ3n) is 6.26. The van der Waals surface area contributed by atoms with Gasteiger partial charge in [-0.1, -0.05) is 19.1 Å². The summed E-state index contributed by atoms with van der Waals surface area (Å²) in [5.41, 5.74) is 2.98. The molecule has 0 fully saturated rings. The van der Waals surface area contributed by atoms with Crippen LogP contribution in [-0.4, -0.2) is 34.4 Å². The second kappa shape index (κ2) is 8.65. The Morgan fingerprint density at radius 2 is 1.58 bits per heavy atom. The molecular formula is C26H27NO6. The number of benzene rings is 3. The summed E-state index contributed by atoms with van der Waals surface area (Å²) < 4.78 is 34.4. The molecule has 0 saturated heterocycles. The van der Waals surface area contributed by atoms with E-state index in [1.807, 2.05) is 48.5 Å². The van der Waals surface area contributed by atoms with Gasteiger partial charge in [-0.2, -0.15) is 0 Å². The first-order valence-corrected chi connectivity index (χ1v) is 10.8. The minimum atomic E-state index is -0.299. The lowest BCUT2D eigenvalue weighted by molar-refractivity contribution is 0.133. The standard InChI is InChI=1S/C26H27NO6/c1-15-24(18-6-5-7-20(29-3)25(18)30-4)19-12-22-23(32-14-31-22)13-21(19)33-26(15)27-16-8-10-17(28-2)11-9-16/h5-13,15,24,26-27H,14H2,1-4H3. The molecule has 3 aromatic carbocycles. The molecule has 0 aliphatic carbocycles. The summed E-state index contributed by atoms with van der Waals surface area (Å²) in [6.45, 7) is 2.37. The van der Waals surface area contributed by atoms with Crippen LogP contribution in [0.2, 0.25) is 0 Å². The summed E-state index contributed by atoms with van der Waals surface area (Å²) in [7, 11) is 4.97. The molecule has 3 unspecified atom stereocenters. The van der Waals surface area contributed by atoms with Crippen molar-refractivity contribution in [2.75, 3.05) is 33.4 Å². The van der Waals surface area contributed by atoms with E-state index in [0.717, 1.165) is 34.1 Å². The van der Waals surface area contributed by atoms with Crippen molar-refractivity contribution in [3.63, 3.8) is 0 Å². The van der Waals surface area contributed by atoms with Gasteiger partial charge >= 0.3 is 0 Å². The van der Waals surface area contributed by atoms with Gasteiger partial charge in [0.15, 0.2) is 29.2 Å². The molecule has 0 bridgehead atoms. The third-order valence-corrected chi connectivity index (χ3v) is 6.26. The van der Waals surface area contributed by atoms with Crippen LogP contribution < -0.4 is 33.7 Å². The van der Waals surface area contributed by atoms with Crippen molar-refractivity contribution in [1.82, 2.24) is 0 Å². The van der Waals surface area contributed by atoms with Crippen LogP contribution in [0.4, 0.5) is 5.69 Å². The number of hydrogen-bond donors (Lipinski definition) is 1. The highest BCUT2D eigenvalue weighted by Gasteiger charge is 2.40. The number of para-hydroxylation sites is 1. The van der Waals surface area contributed by atoms with Gasteiger partial charge in [-0.25, -0.2) is 0 Å². The molecule has 2 heterocycles. The topological polar surface area (TPSA) is 67.4 Å². The van der Waals surface area contributed by atoms with Crippen LogP contribution in [0.1, 0.15) is 24.0 Å². The first-order valence-electron chi connectivity index (χ1n) is 10.8. The van der Waals surface area contributed by atoms with Crippen molar-refractivity contribution in [3.05, 3.63) is 65.7 Å². The van der Waals surface area contributed by atoms with Crippen molar-refractivity contribution in [3.8, 4) is 34.5 Å². The molecular weight excluding hydrogens is 422 g/mol. The average molecular weight is 450 g/mol. The van der Waals surface area contributed by atoms with E-state index in [4.69, 9.17) is 28.4 Å². The highest BCUT2D eigenvalue weighted by Crippen LogP contribution is 2.52. The fourth-order valence-electron chi connectivity index (χ4n) is 4.61. The number of rotatable bonds is 6. The highest BCUT2D eigenvalue weighted by atomic mass is 16.7. The van der Waals surface area contributed by atoms with Crippen molar-refractivity contribution < 1.29 is 28.4 Å². The van der Waals surface area contributed by atoms with E-state index in [1.54, 1.807) is 21.3 Å². The summed E-state index contributed by atoms with van der Waals surface area (Å²) in [5.74, 6) is 4.36. The quantitative estimate of drug-likeness (QED) is 0.565. The molecule has 0 aromatic heterocycles. The molecule has 0 radical (unpaired) electrons. The monoisotopic (exact) mass is 449 g/mol. The van der Waals surface area contributed by atoms with Crippen molar-refractivity contribution in [2.24, 2.45) is 5.92 Å². The Kier molecular flexibility index (Phi) is 5.54. The largest absolute Gasteiger partial charge is 0.497 e. The average Bonchev–Trinajstić information content (AvgIpc) is 3.30. The number of hydrogen-bond acceptors (Lipinski definition) is 7. The second-order valence-corrected chi connectivity index (χ2v) is 8.07. The smallest absolute Gasteiger partial charge is 0.231 e. The Labute approximate surface area is 193 Å². The van der Waals surface area contributed by atoms with E-state index in [9.17, 15) is 0 Å². The zero-order valence-corrected chi connectivity index (χ0v) is 19.1. The Morgan fingerprint density at radius 3 is 2.27 bits per heavy atom. The summed E-state index contributed by atoms with van der Waals surface area (Å²) in [4.78, 5) is 0. The zero-order valence-electron chi connectivity index (χ0n) is 19.1. The van der Waals surface area contributed by atoms with Gasteiger partial charge in [0.2, 0.25) is 6.79 Å². The van der Waals surface area contributed by atoms with Gasteiger partial charge in [-0.3, -0.25) is 0 Å². The molecule has 7 heteroatoms. The maximum atomic E-state index is 6.46. The van der Waals surface area contributed by atoms with Crippen molar-refractivity contribution in [2.45, 2.75) is 19.1 Å². The van der Waals surface area contributed by atoms with Crippen molar-refractivity contribution >= 4 is 5.69 Å². The normalized spacial score (nSPS) is 20.4. The fraction of sp³-hybridized carbons (Fsp3) is 0.308. The predicted molar refractivity (Wildman–Crippen MR) is 124 cm³/mol. The maximum Gasteiger partial charge on any atom is 0.231 e. The minimum absolute atomic E-state index is 0.0379. The molecule has 33 heavy (non-hydrogen) atoms. The van der Waals surface area contributed by atoms with E-state index < -0.39 is 0 Å². The summed E-state index contributed by atoms with van der Waals surface area (Å²) >= 11 is 0. The molecule has 0 spiro atoms. The first kappa shape index (κ1) is 21.1. The van der Waals surface area contributed by atoms with Gasteiger partial charge < -0.3 is 33.7 Å². The highest BCUT2D eigenvalue weighted by molar-refractivity contribution is 5.60. The summed E-state index contributed by atoms with van der Waals surface area (Å²) in [6, 6.07) is 17.7. The molecule has 7 nitrogen and oxygen atoms in total. The summed E-state index contributed by atoms with van der Waals surface area (Å²) in [5, 5.41) is 3.53. The Balaban J connectivity index is 1.59. The number of methoxy groups -OCH3 is 3. The van der Waals surface area contributed by atoms with Gasteiger partial charge in [-0.15, -0.1) is 0 Å². The lowest BCUT2D eigenvalue weighted by Crippen LogP contribution is -2.40. The number of fused-ring (bicyclic) bond motifs is 2. The van der Waals surface area contributed by atoms with Crippen LogP contribution in [0.3, 0.4) is 0 Å². The van der Waals surface area contributed by atoms with E-state index >= 15 is 0 Å².